The summed E-state index contributed by atoms with van der Waals surface area (Å²) < 4.78 is 2.10. The van der Waals surface area contributed by atoms with Gasteiger partial charge in [-0.05, 0) is 42.9 Å². The Balaban J connectivity index is 2.09. The van der Waals surface area contributed by atoms with Crippen molar-refractivity contribution < 1.29 is 0 Å². The molecule has 0 saturated heterocycles. The van der Waals surface area contributed by atoms with Gasteiger partial charge in [0.2, 0.25) is 0 Å². The molecule has 0 saturated carbocycles. The average molecular weight is 255 g/mol. The lowest BCUT2D eigenvalue weighted by atomic mass is 9.97. The zero-order valence-electron chi connectivity index (χ0n) is 11.7. The summed E-state index contributed by atoms with van der Waals surface area (Å²) >= 11 is 0. The molecule has 0 bridgehead atoms. The Hall–Kier alpha value is -1.61. The maximum Gasteiger partial charge on any atom is 0.0571 e. The molecule has 2 N–H and O–H groups in total. The number of nitrogens with zero attached hydrogens (tertiary/aromatic N) is 2. The first kappa shape index (κ1) is 12.4. The number of rotatable bonds is 3. The summed E-state index contributed by atoms with van der Waals surface area (Å²) in [6, 6.07) is 6.70. The van der Waals surface area contributed by atoms with Crippen LogP contribution < -0.4 is 5.73 Å². The van der Waals surface area contributed by atoms with Crippen molar-refractivity contribution in [3.63, 3.8) is 0 Å². The minimum Gasteiger partial charge on any atom is -0.324 e. The predicted octanol–water partition coefficient (Wildman–Crippen LogP) is 3.21. The third-order valence-electron chi connectivity index (χ3n) is 4.15. The van der Waals surface area contributed by atoms with Crippen LogP contribution in [0.5, 0.6) is 0 Å². The first-order valence-electron chi connectivity index (χ1n) is 7.12. The van der Waals surface area contributed by atoms with Crippen LogP contribution in [-0.4, -0.2) is 9.78 Å². The lowest BCUT2D eigenvalue weighted by Crippen LogP contribution is -2.05. The van der Waals surface area contributed by atoms with Gasteiger partial charge in [0.05, 0.1) is 6.20 Å². The van der Waals surface area contributed by atoms with E-state index in [9.17, 15) is 0 Å². The zero-order valence-corrected chi connectivity index (χ0v) is 11.7. The standard InChI is InChI=1S/C16H21N3/c1-3-9-19-11(2)15(10-18-19)12-5-4-6-14-13(12)7-8-16(14)17/h4-6,10,16H,3,7-9,17H2,1-2H3. The maximum absolute atomic E-state index is 6.16. The van der Waals surface area contributed by atoms with Gasteiger partial charge in [-0.25, -0.2) is 0 Å². The highest BCUT2D eigenvalue weighted by atomic mass is 15.3. The molecule has 1 unspecified atom stereocenters. The van der Waals surface area contributed by atoms with Gasteiger partial charge in [-0.2, -0.15) is 5.10 Å². The Labute approximate surface area is 114 Å². The van der Waals surface area contributed by atoms with Gasteiger partial charge in [-0.1, -0.05) is 25.1 Å². The molecule has 1 heterocycles. The first-order chi connectivity index (χ1) is 9.22. The van der Waals surface area contributed by atoms with Crippen LogP contribution in [0.4, 0.5) is 0 Å². The van der Waals surface area contributed by atoms with Gasteiger partial charge in [0.15, 0.2) is 0 Å². The Morgan fingerprint density at radius 2 is 2.21 bits per heavy atom. The van der Waals surface area contributed by atoms with E-state index < -0.39 is 0 Å². The van der Waals surface area contributed by atoms with Crippen molar-refractivity contribution in [2.24, 2.45) is 5.73 Å². The van der Waals surface area contributed by atoms with Crippen molar-refractivity contribution in [3.05, 3.63) is 41.2 Å². The summed E-state index contributed by atoms with van der Waals surface area (Å²) in [6.45, 7) is 5.33. The van der Waals surface area contributed by atoms with Crippen LogP contribution in [0.1, 0.15) is 42.6 Å². The monoisotopic (exact) mass is 255 g/mol. The smallest absolute Gasteiger partial charge is 0.0571 e. The fraction of sp³-hybridized carbons (Fsp3) is 0.438. The van der Waals surface area contributed by atoms with Gasteiger partial charge in [0, 0.05) is 23.8 Å². The minimum atomic E-state index is 0.209. The van der Waals surface area contributed by atoms with Crippen LogP contribution in [0, 0.1) is 6.92 Å². The SMILES string of the molecule is CCCn1ncc(-c2cccc3c2CCC3N)c1C. The second-order valence-electron chi connectivity index (χ2n) is 5.39. The molecule has 19 heavy (non-hydrogen) atoms. The van der Waals surface area contributed by atoms with Gasteiger partial charge in [0.1, 0.15) is 0 Å². The topological polar surface area (TPSA) is 43.8 Å². The van der Waals surface area contributed by atoms with Gasteiger partial charge < -0.3 is 5.73 Å². The molecule has 1 atom stereocenters. The van der Waals surface area contributed by atoms with Gasteiger partial charge in [-0.15, -0.1) is 0 Å². The normalized spacial score (nSPS) is 17.7. The summed E-state index contributed by atoms with van der Waals surface area (Å²) in [4.78, 5) is 0. The van der Waals surface area contributed by atoms with Crippen LogP contribution in [0.2, 0.25) is 0 Å². The van der Waals surface area contributed by atoms with Crippen LogP contribution in [0.15, 0.2) is 24.4 Å². The number of fused-ring (bicyclic) bond motifs is 1. The Morgan fingerprint density at radius 1 is 1.37 bits per heavy atom. The summed E-state index contributed by atoms with van der Waals surface area (Å²) in [5, 5.41) is 4.51. The average Bonchev–Trinajstić information content (AvgIpc) is 2.96. The number of benzene rings is 1. The molecule has 1 aromatic carbocycles. The lowest BCUT2D eigenvalue weighted by molar-refractivity contribution is 0.587. The van der Waals surface area contributed by atoms with E-state index in [1.807, 2.05) is 6.20 Å². The molecule has 0 spiro atoms. The van der Waals surface area contributed by atoms with Crippen LogP contribution >= 0.6 is 0 Å². The third kappa shape index (κ3) is 1.98. The third-order valence-corrected chi connectivity index (χ3v) is 4.15. The lowest BCUT2D eigenvalue weighted by Gasteiger charge is -2.10. The molecule has 1 aromatic heterocycles. The number of aromatic nitrogens is 2. The molecule has 3 nitrogen and oxygen atoms in total. The highest BCUT2D eigenvalue weighted by molar-refractivity contribution is 5.71. The van der Waals surface area contributed by atoms with E-state index >= 15 is 0 Å². The van der Waals surface area contributed by atoms with E-state index in [4.69, 9.17) is 5.73 Å². The van der Waals surface area contributed by atoms with Crippen LogP contribution in [0.25, 0.3) is 11.1 Å². The quantitative estimate of drug-likeness (QED) is 0.915. The van der Waals surface area contributed by atoms with Crippen molar-refractivity contribution in [3.8, 4) is 11.1 Å². The van der Waals surface area contributed by atoms with Crippen molar-refractivity contribution in [2.45, 2.75) is 45.7 Å². The van der Waals surface area contributed by atoms with E-state index in [0.717, 1.165) is 25.8 Å². The molecule has 100 valence electrons. The van der Waals surface area contributed by atoms with E-state index in [1.165, 1.54) is 27.9 Å². The Morgan fingerprint density at radius 3 is 3.00 bits per heavy atom. The molecule has 0 amide bonds. The first-order valence-corrected chi connectivity index (χ1v) is 7.12. The van der Waals surface area contributed by atoms with Crippen molar-refractivity contribution in [1.82, 2.24) is 9.78 Å². The Kier molecular flexibility index (Phi) is 3.15. The van der Waals surface area contributed by atoms with Crippen molar-refractivity contribution in [1.29, 1.82) is 0 Å². The second kappa shape index (κ2) is 4.82. The van der Waals surface area contributed by atoms with Gasteiger partial charge in [-0.3, -0.25) is 4.68 Å². The highest BCUT2D eigenvalue weighted by Gasteiger charge is 2.23. The van der Waals surface area contributed by atoms with E-state index in [0.29, 0.717) is 0 Å². The maximum atomic E-state index is 6.16. The number of hydrogen-bond acceptors (Lipinski definition) is 2. The van der Waals surface area contributed by atoms with E-state index in [2.05, 4.69) is 41.8 Å². The zero-order chi connectivity index (χ0) is 13.4. The van der Waals surface area contributed by atoms with Crippen LogP contribution in [0.3, 0.4) is 0 Å². The van der Waals surface area contributed by atoms with Gasteiger partial charge >= 0.3 is 0 Å². The number of aryl methyl sites for hydroxylation is 1. The molecule has 0 aliphatic heterocycles. The summed E-state index contributed by atoms with van der Waals surface area (Å²) in [6.07, 6.45) is 5.27. The summed E-state index contributed by atoms with van der Waals surface area (Å²) in [5.74, 6) is 0. The number of nitrogens with two attached hydrogens (primary N) is 1. The molecule has 0 fully saturated rings. The molecular weight excluding hydrogens is 234 g/mol. The molecule has 0 radical (unpaired) electrons. The van der Waals surface area contributed by atoms with E-state index in [1.54, 1.807) is 0 Å². The van der Waals surface area contributed by atoms with Gasteiger partial charge in [0.25, 0.3) is 0 Å². The highest BCUT2D eigenvalue weighted by Crippen LogP contribution is 2.37. The number of hydrogen-bond donors (Lipinski definition) is 1. The van der Waals surface area contributed by atoms with Crippen LogP contribution in [-0.2, 0) is 13.0 Å². The molecule has 1 aliphatic rings. The fourth-order valence-corrected chi connectivity index (χ4v) is 3.09. The molecule has 3 rings (SSSR count). The summed E-state index contributed by atoms with van der Waals surface area (Å²) in [5.41, 5.74) is 12.8. The molecule has 3 heteroatoms. The second-order valence-corrected chi connectivity index (χ2v) is 5.39. The van der Waals surface area contributed by atoms with Crippen molar-refractivity contribution in [2.75, 3.05) is 0 Å². The molecule has 1 aliphatic carbocycles. The summed E-state index contributed by atoms with van der Waals surface area (Å²) in [7, 11) is 0. The van der Waals surface area contributed by atoms with Crippen molar-refractivity contribution >= 4 is 0 Å². The van der Waals surface area contributed by atoms with E-state index in [-0.39, 0.29) is 6.04 Å². The molecular formula is C16H21N3. The minimum absolute atomic E-state index is 0.209. The fourth-order valence-electron chi connectivity index (χ4n) is 3.09. The Bertz CT molecular complexity index is 598. The molecule has 2 aromatic rings. The predicted molar refractivity (Wildman–Crippen MR) is 77.9 cm³/mol. The largest absolute Gasteiger partial charge is 0.324 e.